The van der Waals surface area contributed by atoms with E-state index < -0.39 is 5.54 Å². The van der Waals surface area contributed by atoms with Crippen molar-refractivity contribution in [3.63, 3.8) is 0 Å². The fourth-order valence-electron chi connectivity index (χ4n) is 1.92. The Balaban J connectivity index is 2.39. The van der Waals surface area contributed by atoms with Gasteiger partial charge in [0.05, 0.1) is 5.54 Å². The van der Waals surface area contributed by atoms with Crippen LogP contribution in [-0.2, 0) is 5.54 Å². The molecule has 0 bridgehead atoms. The highest BCUT2D eigenvalue weighted by molar-refractivity contribution is 5.40. The topological polar surface area (TPSA) is 52.0 Å². The largest absolute Gasteiger partial charge is 0.399 e. The molecule has 0 fully saturated rings. The number of hydrogen-bond donors (Lipinski definition) is 2. The molecule has 2 rings (SSSR count). The summed E-state index contributed by atoms with van der Waals surface area (Å²) in [6.45, 7) is 2.00. The molecule has 1 unspecified atom stereocenters. The highest BCUT2D eigenvalue weighted by Crippen LogP contribution is 2.30. The van der Waals surface area contributed by atoms with Gasteiger partial charge in [-0.15, -0.1) is 0 Å². The minimum absolute atomic E-state index is 0.395. The molecule has 2 nitrogen and oxygen atoms in total. The Morgan fingerprint density at radius 1 is 1.20 bits per heavy atom. The minimum Gasteiger partial charge on any atom is -0.399 e. The molecule has 0 saturated carbocycles. The van der Waals surface area contributed by atoms with E-state index in [1.807, 2.05) is 31.2 Å². The van der Waals surface area contributed by atoms with Crippen molar-refractivity contribution in [2.24, 2.45) is 11.5 Å². The molecule has 0 spiro atoms. The lowest BCUT2D eigenvalue weighted by atomic mass is 9.82. The molecule has 1 aromatic rings. The predicted octanol–water partition coefficient (Wildman–Crippen LogP) is 2.03. The molecule has 15 heavy (non-hydrogen) atoms. The first-order chi connectivity index (χ1) is 7.12. The molecule has 1 aliphatic carbocycles. The first kappa shape index (κ1) is 9.99. The van der Waals surface area contributed by atoms with E-state index in [-0.39, 0.29) is 0 Å². The van der Waals surface area contributed by atoms with E-state index in [4.69, 9.17) is 11.5 Å². The summed E-state index contributed by atoms with van der Waals surface area (Å²) in [4.78, 5) is 0. The van der Waals surface area contributed by atoms with Crippen LogP contribution >= 0.6 is 0 Å². The van der Waals surface area contributed by atoms with Gasteiger partial charge in [-0.3, -0.25) is 0 Å². The van der Waals surface area contributed by atoms with Crippen molar-refractivity contribution < 1.29 is 0 Å². The van der Waals surface area contributed by atoms with Crippen molar-refractivity contribution in [2.45, 2.75) is 18.9 Å². The molecular weight excluding hydrogens is 184 g/mol. The molecule has 1 atom stereocenters. The monoisotopic (exact) mass is 200 g/mol. The second-order valence-corrected chi connectivity index (χ2v) is 4.10. The lowest BCUT2D eigenvalue weighted by Crippen LogP contribution is -2.36. The van der Waals surface area contributed by atoms with Crippen LogP contribution in [0.25, 0.3) is 0 Å². The summed E-state index contributed by atoms with van der Waals surface area (Å²) in [6, 6.07) is 10.1. The molecule has 0 aromatic heterocycles. The molecule has 4 N–H and O–H groups in total. The van der Waals surface area contributed by atoms with Crippen molar-refractivity contribution in [3.8, 4) is 0 Å². The van der Waals surface area contributed by atoms with Crippen LogP contribution in [0.2, 0.25) is 0 Å². The zero-order valence-electron chi connectivity index (χ0n) is 8.90. The summed E-state index contributed by atoms with van der Waals surface area (Å²) in [5.41, 5.74) is 14.8. The zero-order valence-corrected chi connectivity index (χ0v) is 8.90. The predicted molar refractivity (Wildman–Crippen MR) is 63.0 cm³/mol. The summed E-state index contributed by atoms with van der Waals surface area (Å²) >= 11 is 0. The molecule has 0 saturated heterocycles. The smallest absolute Gasteiger partial charge is 0.0637 e. The van der Waals surface area contributed by atoms with Crippen LogP contribution in [0.5, 0.6) is 0 Å². The van der Waals surface area contributed by atoms with Gasteiger partial charge in [-0.2, -0.15) is 0 Å². The number of benzene rings is 1. The van der Waals surface area contributed by atoms with Crippen LogP contribution in [-0.4, -0.2) is 0 Å². The fourth-order valence-corrected chi connectivity index (χ4v) is 1.92. The minimum atomic E-state index is -0.395. The summed E-state index contributed by atoms with van der Waals surface area (Å²) in [5, 5.41) is 0. The summed E-state index contributed by atoms with van der Waals surface area (Å²) in [7, 11) is 0. The van der Waals surface area contributed by atoms with E-state index in [1.54, 1.807) is 0 Å². The van der Waals surface area contributed by atoms with Gasteiger partial charge in [0.1, 0.15) is 0 Å². The van der Waals surface area contributed by atoms with Crippen LogP contribution in [0.15, 0.2) is 53.8 Å². The van der Waals surface area contributed by atoms with Crippen molar-refractivity contribution in [1.82, 2.24) is 0 Å². The molecule has 2 heteroatoms. The van der Waals surface area contributed by atoms with Crippen LogP contribution in [0.4, 0.5) is 0 Å². The number of hydrogen-bond acceptors (Lipinski definition) is 2. The highest BCUT2D eigenvalue weighted by Gasteiger charge is 2.26. The third-order valence-electron chi connectivity index (χ3n) is 2.90. The van der Waals surface area contributed by atoms with Gasteiger partial charge in [-0.1, -0.05) is 42.5 Å². The first-order valence-electron chi connectivity index (χ1n) is 5.12. The van der Waals surface area contributed by atoms with Crippen molar-refractivity contribution in [3.05, 3.63) is 59.3 Å². The average molecular weight is 200 g/mol. The summed E-state index contributed by atoms with van der Waals surface area (Å²) in [5.74, 6) is 0. The molecule has 1 aromatic carbocycles. The maximum atomic E-state index is 6.36. The molecule has 0 amide bonds. The van der Waals surface area contributed by atoms with Crippen molar-refractivity contribution >= 4 is 0 Å². The Labute approximate surface area is 90.3 Å². The van der Waals surface area contributed by atoms with Gasteiger partial charge in [-0.25, -0.2) is 0 Å². The van der Waals surface area contributed by atoms with E-state index in [1.165, 1.54) is 0 Å². The second-order valence-electron chi connectivity index (χ2n) is 4.10. The van der Waals surface area contributed by atoms with Crippen molar-refractivity contribution in [1.29, 1.82) is 0 Å². The van der Waals surface area contributed by atoms with Gasteiger partial charge in [0, 0.05) is 5.70 Å². The van der Waals surface area contributed by atoms with Gasteiger partial charge in [0.25, 0.3) is 0 Å². The molecule has 0 heterocycles. The number of nitrogens with two attached hydrogens (primary N) is 2. The lowest BCUT2D eigenvalue weighted by molar-refractivity contribution is 0.557. The second kappa shape index (κ2) is 3.55. The summed E-state index contributed by atoms with van der Waals surface area (Å²) in [6.07, 6.45) is 4.82. The van der Waals surface area contributed by atoms with Gasteiger partial charge < -0.3 is 11.5 Å². The number of rotatable bonds is 1. The van der Waals surface area contributed by atoms with E-state index in [9.17, 15) is 0 Å². The van der Waals surface area contributed by atoms with Crippen LogP contribution < -0.4 is 11.5 Å². The molecule has 78 valence electrons. The van der Waals surface area contributed by atoms with E-state index >= 15 is 0 Å². The zero-order chi connectivity index (χ0) is 10.9. The van der Waals surface area contributed by atoms with Gasteiger partial charge >= 0.3 is 0 Å². The Morgan fingerprint density at radius 3 is 2.47 bits per heavy atom. The first-order valence-corrected chi connectivity index (χ1v) is 5.12. The molecule has 0 aliphatic heterocycles. The average Bonchev–Trinajstić information content (AvgIpc) is 2.26. The van der Waals surface area contributed by atoms with E-state index in [2.05, 4.69) is 18.2 Å². The fraction of sp³-hybridized carbons (Fsp3) is 0.231. The molecular formula is C13H16N2. The Bertz CT molecular complexity index is 417. The van der Waals surface area contributed by atoms with Gasteiger partial charge in [0.15, 0.2) is 0 Å². The molecule has 1 aliphatic rings. The highest BCUT2D eigenvalue weighted by atomic mass is 14.7. The van der Waals surface area contributed by atoms with Crippen LogP contribution in [0.3, 0.4) is 0 Å². The lowest BCUT2D eigenvalue weighted by Gasteiger charge is -2.29. The third kappa shape index (κ3) is 1.81. The third-order valence-corrected chi connectivity index (χ3v) is 2.90. The van der Waals surface area contributed by atoms with Gasteiger partial charge in [0.2, 0.25) is 0 Å². The maximum Gasteiger partial charge on any atom is 0.0637 e. The SMILES string of the molecule is CC1=CC(N)(c2ccccc2)CC=C1N. The quantitative estimate of drug-likeness (QED) is 0.728. The molecule has 0 radical (unpaired) electrons. The van der Waals surface area contributed by atoms with Crippen LogP contribution in [0.1, 0.15) is 18.9 Å². The van der Waals surface area contributed by atoms with Crippen LogP contribution in [0, 0.1) is 0 Å². The van der Waals surface area contributed by atoms with Gasteiger partial charge in [-0.05, 0) is 24.5 Å². The Kier molecular flexibility index (Phi) is 2.37. The summed E-state index contributed by atoms with van der Waals surface area (Å²) < 4.78 is 0. The van der Waals surface area contributed by atoms with E-state index in [0.717, 1.165) is 23.3 Å². The normalized spacial score (nSPS) is 25.7. The Hall–Kier alpha value is -1.54. The Morgan fingerprint density at radius 2 is 1.87 bits per heavy atom. The number of allylic oxidation sites excluding steroid dienone is 1. The maximum absolute atomic E-state index is 6.36. The van der Waals surface area contributed by atoms with Crippen molar-refractivity contribution in [2.75, 3.05) is 0 Å². The standard InChI is InChI=1S/C13H16N2/c1-10-9-13(15,8-7-12(10)14)11-5-3-2-4-6-11/h2-7,9H,8,14-15H2,1H3. The van der Waals surface area contributed by atoms with E-state index in [0.29, 0.717) is 0 Å².